The van der Waals surface area contributed by atoms with Crippen LogP contribution < -0.4 is 10.1 Å². The maximum Gasteiger partial charge on any atom is 0.193 e. The summed E-state index contributed by atoms with van der Waals surface area (Å²) in [5.74, 6) is 2.12. The van der Waals surface area contributed by atoms with Crippen LogP contribution in [0, 0.1) is 5.82 Å². The maximum absolute atomic E-state index is 12.8. The average molecular weight is 447 g/mol. The largest absolute Gasteiger partial charge is 0.492 e. The lowest BCUT2D eigenvalue weighted by Crippen LogP contribution is -2.41. The predicted octanol–water partition coefficient (Wildman–Crippen LogP) is 3.17. The first-order valence-electron chi connectivity index (χ1n) is 7.51. The summed E-state index contributed by atoms with van der Waals surface area (Å²) in [6.45, 7) is 1.89. The third-order valence-corrected chi connectivity index (χ3v) is 3.32. The molecule has 0 fully saturated rings. The van der Waals surface area contributed by atoms with Crippen LogP contribution >= 0.6 is 24.0 Å². The topological polar surface area (TPSA) is 50.0 Å². The van der Waals surface area contributed by atoms with Gasteiger partial charge < -0.3 is 19.4 Å². The summed E-state index contributed by atoms with van der Waals surface area (Å²) >= 11 is 0. The van der Waals surface area contributed by atoms with Crippen LogP contribution in [-0.2, 0) is 6.42 Å². The second-order valence-corrected chi connectivity index (χ2v) is 5.03. The highest BCUT2D eigenvalue weighted by atomic mass is 127. The third-order valence-electron chi connectivity index (χ3n) is 3.32. The minimum atomic E-state index is -0.268. The fraction of sp³-hybridized carbons (Fsp3) is 0.353. The van der Waals surface area contributed by atoms with Crippen LogP contribution in [-0.4, -0.2) is 44.7 Å². The van der Waals surface area contributed by atoms with Gasteiger partial charge in [-0.15, -0.1) is 24.0 Å². The van der Waals surface area contributed by atoms with Crippen LogP contribution in [0.2, 0.25) is 0 Å². The third kappa shape index (κ3) is 6.77. The molecule has 1 heterocycles. The summed E-state index contributed by atoms with van der Waals surface area (Å²) in [7, 11) is 3.68. The highest BCUT2D eigenvalue weighted by Gasteiger charge is 2.06. The molecule has 0 aliphatic rings. The molecule has 2 rings (SSSR count). The molecular formula is C17H23FIN3O2. The monoisotopic (exact) mass is 447 g/mol. The summed E-state index contributed by atoms with van der Waals surface area (Å²) in [5.41, 5.74) is 0. The average Bonchev–Trinajstić information content (AvgIpc) is 3.06. The molecular weight excluding hydrogens is 424 g/mol. The van der Waals surface area contributed by atoms with E-state index in [-0.39, 0.29) is 29.8 Å². The molecule has 0 aliphatic heterocycles. The number of nitrogens with zero attached hydrogens (tertiary/aromatic N) is 2. The molecule has 7 heteroatoms. The molecule has 5 nitrogen and oxygen atoms in total. The van der Waals surface area contributed by atoms with Crippen molar-refractivity contribution in [2.75, 3.05) is 33.8 Å². The van der Waals surface area contributed by atoms with Crippen LogP contribution in [0.5, 0.6) is 5.75 Å². The highest BCUT2D eigenvalue weighted by Crippen LogP contribution is 2.10. The molecule has 0 aliphatic carbocycles. The quantitative estimate of drug-likeness (QED) is 0.403. The van der Waals surface area contributed by atoms with Gasteiger partial charge in [0.05, 0.1) is 12.8 Å². The number of guanidine groups is 1. The van der Waals surface area contributed by atoms with E-state index < -0.39 is 0 Å². The van der Waals surface area contributed by atoms with Crippen molar-refractivity contribution in [3.63, 3.8) is 0 Å². The van der Waals surface area contributed by atoms with Crippen molar-refractivity contribution in [1.29, 1.82) is 0 Å². The minimum absolute atomic E-state index is 0. The molecule has 1 aromatic heterocycles. The van der Waals surface area contributed by atoms with Crippen LogP contribution in [0.4, 0.5) is 4.39 Å². The number of aliphatic imine (C=N–C) groups is 1. The smallest absolute Gasteiger partial charge is 0.193 e. The van der Waals surface area contributed by atoms with Crippen molar-refractivity contribution in [3.05, 3.63) is 54.2 Å². The Bertz CT molecular complexity index is 603. The van der Waals surface area contributed by atoms with Gasteiger partial charge in [0.2, 0.25) is 0 Å². The minimum Gasteiger partial charge on any atom is -0.492 e. The zero-order chi connectivity index (χ0) is 16.5. The zero-order valence-electron chi connectivity index (χ0n) is 13.9. The van der Waals surface area contributed by atoms with Crippen LogP contribution in [0.25, 0.3) is 0 Å². The Morgan fingerprint density at radius 3 is 2.67 bits per heavy atom. The van der Waals surface area contributed by atoms with Gasteiger partial charge in [-0.2, -0.15) is 0 Å². The molecule has 132 valence electrons. The van der Waals surface area contributed by atoms with Crippen molar-refractivity contribution in [1.82, 2.24) is 10.2 Å². The summed E-state index contributed by atoms with van der Waals surface area (Å²) < 4.78 is 23.7. The van der Waals surface area contributed by atoms with Gasteiger partial charge in [-0.3, -0.25) is 4.99 Å². The zero-order valence-corrected chi connectivity index (χ0v) is 16.2. The number of nitrogens with one attached hydrogen (secondary N) is 1. The van der Waals surface area contributed by atoms with E-state index in [2.05, 4.69) is 10.3 Å². The van der Waals surface area contributed by atoms with E-state index in [0.717, 1.165) is 24.7 Å². The Kier molecular flexibility index (Phi) is 9.21. The summed E-state index contributed by atoms with van der Waals surface area (Å²) in [6, 6.07) is 9.83. The Morgan fingerprint density at radius 1 is 1.29 bits per heavy atom. The Morgan fingerprint density at radius 2 is 2.04 bits per heavy atom. The number of hydrogen-bond donors (Lipinski definition) is 1. The van der Waals surface area contributed by atoms with Crippen molar-refractivity contribution >= 4 is 29.9 Å². The fourth-order valence-corrected chi connectivity index (χ4v) is 2.07. The number of furan rings is 1. The first-order chi connectivity index (χ1) is 11.2. The number of benzene rings is 1. The second kappa shape index (κ2) is 10.9. The lowest BCUT2D eigenvalue weighted by molar-refractivity contribution is 0.281. The molecule has 0 amide bonds. The van der Waals surface area contributed by atoms with Gasteiger partial charge in [0.25, 0.3) is 0 Å². The van der Waals surface area contributed by atoms with Gasteiger partial charge >= 0.3 is 0 Å². The Hall–Kier alpha value is -1.77. The van der Waals surface area contributed by atoms with E-state index in [1.165, 1.54) is 12.1 Å². The summed E-state index contributed by atoms with van der Waals surface area (Å²) in [5, 5.41) is 3.27. The van der Waals surface area contributed by atoms with E-state index in [1.807, 2.05) is 24.1 Å². The molecule has 0 bridgehead atoms. The molecule has 0 unspecified atom stereocenters. The molecule has 0 spiro atoms. The Balaban J connectivity index is 0.00000288. The van der Waals surface area contributed by atoms with E-state index >= 15 is 0 Å². The molecule has 24 heavy (non-hydrogen) atoms. The van der Waals surface area contributed by atoms with Gasteiger partial charge in [-0.1, -0.05) is 0 Å². The van der Waals surface area contributed by atoms with Crippen LogP contribution in [0.15, 0.2) is 52.1 Å². The second-order valence-electron chi connectivity index (χ2n) is 5.03. The van der Waals surface area contributed by atoms with Gasteiger partial charge in [0.1, 0.15) is 23.9 Å². The number of rotatable bonds is 7. The molecule has 0 atom stereocenters. The molecule has 1 aromatic carbocycles. The standard InChI is InChI=1S/C17H22FN3O2.HI/c1-19-17(20-10-9-15-4-3-12-22-15)21(2)11-13-23-16-7-5-14(18)6-8-16;/h3-8,12H,9-11,13H2,1-2H3,(H,19,20);1H. The van der Waals surface area contributed by atoms with Gasteiger partial charge in [0.15, 0.2) is 5.96 Å². The van der Waals surface area contributed by atoms with Crippen molar-refractivity contribution in [2.45, 2.75) is 6.42 Å². The SMILES string of the molecule is CN=C(NCCc1ccco1)N(C)CCOc1ccc(F)cc1.I. The maximum atomic E-state index is 12.8. The Labute approximate surface area is 158 Å². The molecule has 2 aromatic rings. The van der Waals surface area contributed by atoms with Gasteiger partial charge in [0, 0.05) is 27.1 Å². The van der Waals surface area contributed by atoms with Gasteiger partial charge in [-0.25, -0.2) is 4.39 Å². The highest BCUT2D eigenvalue weighted by molar-refractivity contribution is 14.0. The first-order valence-corrected chi connectivity index (χ1v) is 7.51. The van der Waals surface area contributed by atoms with Crippen molar-refractivity contribution in [2.24, 2.45) is 4.99 Å². The summed E-state index contributed by atoms with van der Waals surface area (Å²) in [4.78, 5) is 6.22. The van der Waals surface area contributed by atoms with Crippen LogP contribution in [0.3, 0.4) is 0 Å². The van der Waals surface area contributed by atoms with Gasteiger partial charge in [-0.05, 0) is 36.4 Å². The van der Waals surface area contributed by atoms with E-state index in [4.69, 9.17) is 9.15 Å². The number of halogens is 2. The lowest BCUT2D eigenvalue weighted by Gasteiger charge is -2.22. The predicted molar refractivity (Wildman–Crippen MR) is 104 cm³/mol. The van der Waals surface area contributed by atoms with E-state index in [0.29, 0.717) is 18.9 Å². The van der Waals surface area contributed by atoms with Crippen molar-refractivity contribution in [3.8, 4) is 5.75 Å². The molecule has 1 N–H and O–H groups in total. The molecule has 0 radical (unpaired) electrons. The summed E-state index contributed by atoms with van der Waals surface area (Å²) in [6.07, 6.45) is 2.47. The number of ether oxygens (including phenoxy) is 1. The lowest BCUT2D eigenvalue weighted by atomic mass is 10.3. The number of hydrogen-bond acceptors (Lipinski definition) is 3. The molecule has 0 saturated carbocycles. The van der Waals surface area contributed by atoms with Crippen LogP contribution in [0.1, 0.15) is 5.76 Å². The normalized spacial score (nSPS) is 10.9. The fourth-order valence-electron chi connectivity index (χ4n) is 2.07. The number of likely N-dealkylation sites (N-methyl/N-ethyl adjacent to an activating group) is 1. The first kappa shape index (κ1) is 20.3. The van der Waals surface area contributed by atoms with E-state index in [9.17, 15) is 4.39 Å². The molecule has 0 saturated heterocycles. The van der Waals surface area contributed by atoms with Crippen molar-refractivity contribution < 1.29 is 13.5 Å². The van der Waals surface area contributed by atoms with E-state index in [1.54, 1.807) is 25.4 Å².